The average Bonchev–Trinajstić information content (AvgIpc) is 2.77. The third-order valence-corrected chi connectivity index (χ3v) is 5.98. The Kier molecular flexibility index (Phi) is 22.0. The molecular weight excluding hydrogens is 416 g/mol. The van der Waals surface area contributed by atoms with Gasteiger partial charge in [-0.2, -0.15) is 0 Å². The number of nitrogens with two attached hydrogens (primary N) is 1. The normalized spacial score (nSPS) is 12.2. The summed E-state index contributed by atoms with van der Waals surface area (Å²) in [5.41, 5.74) is 5.04. The Morgan fingerprint density at radius 3 is 1.64 bits per heavy atom. The molecular formula is C27H50N2O4. The van der Waals surface area contributed by atoms with Gasteiger partial charge in [0.1, 0.15) is 6.04 Å². The first-order valence-electron chi connectivity index (χ1n) is 13.4. The van der Waals surface area contributed by atoms with Crippen LogP contribution in [0.2, 0.25) is 0 Å². The number of unbranched alkanes of at least 4 members (excludes halogenated alkanes) is 15. The number of carbonyl (C=O) groups excluding carboxylic acids is 2. The molecule has 192 valence electrons. The minimum Gasteiger partial charge on any atom is -0.480 e. The maximum absolute atomic E-state index is 11.9. The van der Waals surface area contributed by atoms with E-state index in [2.05, 4.69) is 24.4 Å². The summed E-state index contributed by atoms with van der Waals surface area (Å²) in [5, 5.41) is 11.6. The molecule has 33 heavy (non-hydrogen) atoms. The van der Waals surface area contributed by atoms with E-state index in [1.54, 1.807) is 0 Å². The van der Waals surface area contributed by atoms with Crippen molar-refractivity contribution in [2.24, 2.45) is 5.73 Å². The first kappa shape index (κ1) is 31.1. The molecule has 0 saturated heterocycles. The molecule has 0 bridgehead atoms. The van der Waals surface area contributed by atoms with E-state index in [1.165, 1.54) is 89.9 Å². The molecule has 0 radical (unpaired) electrons. The number of carboxylic acid groups (broad SMARTS) is 1. The minimum atomic E-state index is -1.13. The van der Waals surface area contributed by atoms with Gasteiger partial charge in [-0.1, -0.05) is 96.1 Å². The van der Waals surface area contributed by atoms with Crippen molar-refractivity contribution in [3.63, 3.8) is 0 Å². The number of allylic oxidation sites excluding steroid dienone is 2. The van der Waals surface area contributed by atoms with E-state index in [0.717, 1.165) is 19.3 Å². The predicted molar refractivity (Wildman–Crippen MR) is 136 cm³/mol. The summed E-state index contributed by atoms with van der Waals surface area (Å²) in [5.74, 6) is -1.96. The summed E-state index contributed by atoms with van der Waals surface area (Å²) < 4.78 is 0. The van der Waals surface area contributed by atoms with Gasteiger partial charge in [-0.3, -0.25) is 9.59 Å². The number of amides is 2. The average molecular weight is 467 g/mol. The number of hydrogen-bond acceptors (Lipinski definition) is 3. The van der Waals surface area contributed by atoms with E-state index >= 15 is 0 Å². The number of aliphatic carboxylic acids is 1. The first-order valence-corrected chi connectivity index (χ1v) is 13.4. The zero-order chi connectivity index (χ0) is 24.6. The Morgan fingerprint density at radius 1 is 0.727 bits per heavy atom. The second-order valence-corrected chi connectivity index (χ2v) is 9.21. The Labute approximate surface area is 202 Å². The highest BCUT2D eigenvalue weighted by Crippen LogP contribution is 2.12. The number of nitrogens with one attached hydrogen (secondary N) is 1. The molecule has 2 amide bonds. The summed E-state index contributed by atoms with van der Waals surface area (Å²) in [7, 11) is 0. The molecule has 0 aliphatic carbocycles. The Morgan fingerprint density at radius 2 is 1.18 bits per heavy atom. The van der Waals surface area contributed by atoms with Crippen LogP contribution < -0.4 is 11.1 Å². The van der Waals surface area contributed by atoms with Gasteiger partial charge in [-0.25, -0.2) is 4.79 Å². The zero-order valence-electron chi connectivity index (χ0n) is 21.1. The Bertz CT molecular complexity index is 534. The molecule has 6 nitrogen and oxygen atoms in total. The van der Waals surface area contributed by atoms with Crippen molar-refractivity contribution in [2.75, 3.05) is 0 Å². The molecule has 1 atom stereocenters. The third-order valence-electron chi connectivity index (χ3n) is 5.98. The molecule has 6 heteroatoms. The van der Waals surface area contributed by atoms with E-state index in [9.17, 15) is 14.4 Å². The van der Waals surface area contributed by atoms with Crippen LogP contribution in [0.15, 0.2) is 12.2 Å². The molecule has 0 unspecified atom stereocenters. The second-order valence-electron chi connectivity index (χ2n) is 9.21. The highest BCUT2D eigenvalue weighted by atomic mass is 16.4. The fraction of sp³-hybridized carbons (Fsp3) is 0.815. The van der Waals surface area contributed by atoms with Gasteiger partial charge in [0, 0.05) is 12.8 Å². The van der Waals surface area contributed by atoms with Gasteiger partial charge in [-0.05, 0) is 38.5 Å². The maximum Gasteiger partial charge on any atom is 0.326 e. The molecule has 4 N–H and O–H groups in total. The molecule has 0 aromatic carbocycles. The van der Waals surface area contributed by atoms with Crippen LogP contribution in [0.3, 0.4) is 0 Å². The largest absolute Gasteiger partial charge is 0.480 e. The van der Waals surface area contributed by atoms with Crippen LogP contribution in [0, 0.1) is 0 Å². The third kappa shape index (κ3) is 23.1. The van der Waals surface area contributed by atoms with Crippen LogP contribution >= 0.6 is 0 Å². The number of carbonyl (C=O) groups is 3. The summed E-state index contributed by atoms with van der Waals surface area (Å²) in [4.78, 5) is 33.8. The SMILES string of the molecule is CCCCCCCC/C=C\CCCCCCCCCCCC(=O)N[C@@H](CCC(N)=O)C(=O)O. The van der Waals surface area contributed by atoms with E-state index in [1.807, 2.05) is 0 Å². The van der Waals surface area contributed by atoms with E-state index in [-0.39, 0.29) is 18.7 Å². The van der Waals surface area contributed by atoms with E-state index in [0.29, 0.717) is 6.42 Å². The highest BCUT2D eigenvalue weighted by Gasteiger charge is 2.20. The summed E-state index contributed by atoms with van der Waals surface area (Å²) >= 11 is 0. The molecule has 0 aliphatic rings. The van der Waals surface area contributed by atoms with Crippen LogP contribution in [0.5, 0.6) is 0 Å². The quantitative estimate of drug-likeness (QED) is 0.113. The van der Waals surface area contributed by atoms with Crippen molar-refractivity contribution >= 4 is 17.8 Å². The van der Waals surface area contributed by atoms with Gasteiger partial charge in [0.25, 0.3) is 0 Å². The summed E-state index contributed by atoms with van der Waals surface area (Å²) in [6.07, 6.45) is 26.2. The first-order chi connectivity index (χ1) is 16.0. The standard InChI is InChI=1S/C27H50N2O4/c1-2-3-4-5-6-7-8-9-10-11-12-13-14-15-16-17-18-19-20-21-26(31)29-24(27(32)33)22-23-25(28)30/h9-10,24H,2-8,11-23H2,1H3,(H2,28,30)(H,29,31)(H,32,33)/b10-9-/t24-/m0/s1. The summed E-state index contributed by atoms with van der Waals surface area (Å²) in [6.45, 7) is 2.26. The van der Waals surface area contributed by atoms with Crippen molar-refractivity contribution in [1.29, 1.82) is 0 Å². The predicted octanol–water partition coefficient (Wildman–Crippen LogP) is 6.42. The molecule has 0 rings (SSSR count). The second kappa shape index (κ2) is 23.3. The van der Waals surface area contributed by atoms with Gasteiger partial charge in [0.15, 0.2) is 0 Å². The smallest absolute Gasteiger partial charge is 0.326 e. The molecule has 0 saturated carbocycles. The van der Waals surface area contributed by atoms with Gasteiger partial charge in [0.2, 0.25) is 11.8 Å². The van der Waals surface area contributed by atoms with Crippen LogP contribution in [0.4, 0.5) is 0 Å². The molecule has 0 heterocycles. The van der Waals surface area contributed by atoms with E-state index < -0.39 is 17.9 Å². The summed E-state index contributed by atoms with van der Waals surface area (Å²) in [6, 6.07) is -1.04. The van der Waals surface area contributed by atoms with Gasteiger partial charge in [-0.15, -0.1) is 0 Å². The number of hydrogen-bond donors (Lipinski definition) is 3. The Hall–Kier alpha value is -1.85. The number of primary amides is 1. The van der Waals surface area contributed by atoms with Crippen LogP contribution in [0.1, 0.15) is 135 Å². The van der Waals surface area contributed by atoms with Gasteiger partial charge >= 0.3 is 5.97 Å². The maximum atomic E-state index is 11.9. The fourth-order valence-corrected chi connectivity index (χ4v) is 3.87. The molecule has 0 aliphatic heterocycles. The van der Waals surface area contributed by atoms with Crippen LogP contribution in [0.25, 0.3) is 0 Å². The lowest BCUT2D eigenvalue weighted by atomic mass is 10.0. The monoisotopic (exact) mass is 466 g/mol. The molecule has 0 spiro atoms. The lowest BCUT2D eigenvalue weighted by Crippen LogP contribution is -2.41. The lowest BCUT2D eigenvalue weighted by Gasteiger charge is -2.13. The number of rotatable bonds is 24. The Balaban J connectivity index is 3.43. The van der Waals surface area contributed by atoms with Gasteiger partial charge in [0.05, 0.1) is 0 Å². The van der Waals surface area contributed by atoms with Crippen LogP contribution in [-0.4, -0.2) is 28.9 Å². The minimum absolute atomic E-state index is 0.0336. The molecule has 0 aromatic heterocycles. The van der Waals surface area contributed by atoms with Crippen molar-refractivity contribution < 1.29 is 19.5 Å². The molecule has 0 fully saturated rings. The van der Waals surface area contributed by atoms with Crippen molar-refractivity contribution in [2.45, 2.75) is 141 Å². The van der Waals surface area contributed by atoms with Gasteiger partial charge < -0.3 is 16.2 Å². The number of carboxylic acids is 1. The van der Waals surface area contributed by atoms with Crippen LogP contribution in [-0.2, 0) is 14.4 Å². The zero-order valence-corrected chi connectivity index (χ0v) is 21.1. The van der Waals surface area contributed by atoms with E-state index in [4.69, 9.17) is 10.8 Å². The molecule has 0 aromatic rings. The lowest BCUT2D eigenvalue weighted by molar-refractivity contribution is -0.142. The highest BCUT2D eigenvalue weighted by molar-refractivity contribution is 5.84. The topological polar surface area (TPSA) is 109 Å². The fourth-order valence-electron chi connectivity index (χ4n) is 3.87. The van der Waals surface area contributed by atoms with Crippen molar-refractivity contribution in [1.82, 2.24) is 5.32 Å². The van der Waals surface area contributed by atoms with Crippen molar-refractivity contribution in [3.05, 3.63) is 12.2 Å². The van der Waals surface area contributed by atoms with Crippen molar-refractivity contribution in [3.8, 4) is 0 Å².